The molecule has 1 aromatic heterocycles. The Morgan fingerprint density at radius 1 is 1.44 bits per heavy atom. The second-order valence-corrected chi connectivity index (χ2v) is 6.35. The Hall–Kier alpha value is -2.25. The number of β-amino-alcohol motifs (C(OH)–C–C–N with tert-alkyl or cyclic N) is 1. The Bertz CT molecular complexity index is 733. The summed E-state index contributed by atoms with van der Waals surface area (Å²) in [7, 11) is 1.58. The molecule has 2 atom stereocenters. The first-order valence-corrected chi connectivity index (χ1v) is 8.50. The van der Waals surface area contributed by atoms with Gasteiger partial charge in [-0.3, -0.25) is 14.4 Å². The molecule has 2 heterocycles. The predicted octanol–water partition coefficient (Wildman–Crippen LogP) is 1.75. The van der Waals surface area contributed by atoms with E-state index in [9.17, 15) is 14.3 Å². The number of carbonyl (C=O) groups is 1. The molecule has 2 N–H and O–H groups in total. The lowest BCUT2D eigenvalue weighted by Gasteiger charge is -2.34. The molecule has 6 nitrogen and oxygen atoms in total. The summed E-state index contributed by atoms with van der Waals surface area (Å²) in [6.45, 7) is 1.94. The molecule has 0 spiro atoms. The van der Waals surface area contributed by atoms with Crippen molar-refractivity contribution in [2.75, 3.05) is 26.7 Å². The van der Waals surface area contributed by atoms with Gasteiger partial charge in [0.1, 0.15) is 11.5 Å². The van der Waals surface area contributed by atoms with Gasteiger partial charge in [0.05, 0.1) is 12.1 Å². The SMILES string of the molecule is CNC(=O)c1ccn(C2CCCN(CC(O)c3ccccc3F)C2)n1. The molecule has 1 aromatic carbocycles. The normalized spacial score (nSPS) is 19.6. The molecule has 25 heavy (non-hydrogen) atoms. The van der Waals surface area contributed by atoms with E-state index >= 15 is 0 Å². The summed E-state index contributed by atoms with van der Waals surface area (Å²) in [4.78, 5) is 13.8. The number of halogens is 1. The number of benzene rings is 1. The number of nitrogens with one attached hydrogen (secondary N) is 1. The first-order valence-electron chi connectivity index (χ1n) is 8.50. The van der Waals surface area contributed by atoms with Gasteiger partial charge in [-0.1, -0.05) is 18.2 Å². The average Bonchev–Trinajstić information content (AvgIpc) is 3.12. The topological polar surface area (TPSA) is 70.4 Å². The van der Waals surface area contributed by atoms with Crippen LogP contribution in [-0.4, -0.2) is 52.4 Å². The van der Waals surface area contributed by atoms with Crippen molar-refractivity contribution in [2.45, 2.75) is 25.0 Å². The van der Waals surface area contributed by atoms with Crippen molar-refractivity contribution in [3.63, 3.8) is 0 Å². The highest BCUT2D eigenvalue weighted by Crippen LogP contribution is 2.24. The van der Waals surface area contributed by atoms with Crippen LogP contribution in [0.15, 0.2) is 36.5 Å². The van der Waals surface area contributed by atoms with E-state index in [1.165, 1.54) is 6.07 Å². The molecule has 1 aliphatic rings. The molecule has 1 saturated heterocycles. The summed E-state index contributed by atoms with van der Waals surface area (Å²) >= 11 is 0. The molecular weight excluding hydrogens is 323 g/mol. The summed E-state index contributed by atoms with van der Waals surface area (Å²) < 4.78 is 15.6. The van der Waals surface area contributed by atoms with Crippen LogP contribution in [0.1, 0.15) is 41.0 Å². The molecule has 2 unspecified atom stereocenters. The Balaban J connectivity index is 1.64. The minimum atomic E-state index is -0.862. The third-order valence-corrected chi connectivity index (χ3v) is 4.62. The summed E-state index contributed by atoms with van der Waals surface area (Å²) in [6, 6.07) is 8.16. The minimum absolute atomic E-state index is 0.139. The molecule has 3 rings (SSSR count). The standard InChI is InChI=1S/C18H23FN4O2/c1-20-18(25)16-8-10-23(21-16)13-5-4-9-22(11-13)12-17(24)14-6-2-3-7-15(14)19/h2-3,6-8,10,13,17,24H,4-5,9,11-12H2,1H3,(H,20,25). The smallest absolute Gasteiger partial charge is 0.271 e. The molecule has 2 aromatic rings. The van der Waals surface area contributed by atoms with Crippen molar-refractivity contribution >= 4 is 5.91 Å². The number of aliphatic hydroxyl groups excluding tert-OH is 1. The van der Waals surface area contributed by atoms with E-state index in [2.05, 4.69) is 15.3 Å². The number of hydrogen-bond donors (Lipinski definition) is 2. The van der Waals surface area contributed by atoms with Crippen LogP contribution < -0.4 is 5.32 Å². The molecule has 0 radical (unpaired) electrons. The minimum Gasteiger partial charge on any atom is -0.387 e. The lowest BCUT2D eigenvalue weighted by Crippen LogP contribution is -2.39. The van der Waals surface area contributed by atoms with Crippen LogP contribution in [0.4, 0.5) is 4.39 Å². The quantitative estimate of drug-likeness (QED) is 0.865. The lowest BCUT2D eigenvalue weighted by atomic mass is 10.0. The molecule has 0 aliphatic carbocycles. The van der Waals surface area contributed by atoms with Gasteiger partial charge in [-0.2, -0.15) is 5.10 Å². The third-order valence-electron chi connectivity index (χ3n) is 4.62. The Labute approximate surface area is 146 Å². The van der Waals surface area contributed by atoms with E-state index in [0.29, 0.717) is 24.3 Å². The summed E-state index contributed by atoms with van der Waals surface area (Å²) in [6.07, 6.45) is 2.87. The monoisotopic (exact) mass is 346 g/mol. The number of hydrogen-bond acceptors (Lipinski definition) is 4. The maximum atomic E-state index is 13.8. The van der Waals surface area contributed by atoms with Crippen LogP contribution in [0.2, 0.25) is 0 Å². The van der Waals surface area contributed by atoms with Crippen LogP contribution >= 0.6 is 0 Å². The molecule has 134 valence electrons. The molecular formula is C18H23FN4O2. The number of amides is 1. The number of nitrogens with zero attached hydrogens (tertiary/aromatic N) is 3. The van der Waals surface area contributed by atoms with Crippen LogP contribution in [0.3, 0.4) is 0 Å². The van der Waals surface area contributed by atoms with Gasteiger partial charge in [0.2, 0.25) is 0 Å². The maximum absolute atomic E-state index is 13.8. The van der Waals surface area contributed by atoms with Crippen LogP contribution in [0, 0.1) is 5.82 Å². The number of likely N-dealkylation sites (tertiary alicyclic amines) is 1. The number of aliphatic hydroxyl groups is 1. The number of piperidine rings is 1. The second kappa shape index (κ2) is 7.76. The Morgan fingerprint density at radius 3 is 3.00 bits per heavy atom. The molecule has 1 amide bonds. The van der Waals surface area contributed by atoms with Gasteiger partial charge in [0, 0.05) is 31.9 Å². The molecule has 1 aliphatic heterocycles. The Kier molecular flexibility index (Phi) is 5.45. The zero-order valence-corrected chi connectivity index (χ0v) is 14.2. The van der Waals surface area contributed by atoms with Gasteiger partial charge < -0.3 is 10.4 Å². The van der Waals surface area contributed by atoms with Crippen molar-refractivity contribution in [1.82, 2.24) is 20.0 Å². The molecule has 0 saturated carbocycles. The zero-order chi connectivity index (χ0) is 17.8. The first kappa shape index (κ1) is 17.6. The summed E-state index contributed by atoms with van der Waals surface area (Å²) in [5.74, 6) is -0.591. The first-order chi connectivity index (χ1) is 12.1. The van der Waals surface area contributed by atoms with E-state index in [1.54, 1.807) is 31.3 Å². The number of aromatic nitrogens is 2. The van der Waals surface area contributed by atoms with Crippen molar-refractivity contribution in [1.29, 1.82) is 0 Å². The van der Waals surface area contributed by atoms with E-state index in [0.717, 1.165) is 19.4 Å². The lowest BCUT2D eigenvalue weighted by molar-refractivity contribution is 0.0817. The number of carbonyl (C=O) groups excluding carboxylic acids is 1. The summed E-state index contributed by atoms with van der Waals surface area (Å²) in [5, 5.41) is 17.3. The molecule has 7 heteroatoms. The largest absolute Gasteiger partial charge is 0.387 e. The van der Waals surface area contributed by atoms with Crippen LogP contribution in [0.5, 0.6) is 0 Å². The molecule has 1 fully saturated rings. The van der Waals surface area contributed by atoms with E-state index < -0.39 is 6.10 Å². The highest BCUT2D eigenvalue weighted by atomic mass is 19.1. The third kappa shape index (κ3) is 4.05. The second-order valence-electron chi connectivity index (χ2n) is 6.35. The average molecular weight is 346 g/mol. The maximum Gasteiger partial charge on any atom is 0.271 e. The van der Waals surface area contributed by atoms with Crippen LogP contribution in [-0.2, 0) is 0 Å². The van der Waals surface area contributed by atoms with E-state index in [4.69, 9.17) is 0 Å². The molecule has 0 bridgehead atoms. The van der Waals surface area contributed by atoms with Gasteiger partial charge >= 0.3 is 0 Å². The van der Waals surface area contributed by atoms with Gasteiger partial charge in [-0.25, -0.2) is 4.39 Å². The van der Waals surface area contributed by atoms with E-state index in [-0.39, 0.29) is 17.8 Å². The highest BCUT2D eigenvalue weighted by Gasteiger charge is 2.25. The van der Waals surface area contributed by atoms with Crippen molar-refractivity contribution < 1.29 is 14.3 Å². The van der Waals surface area contributed by atoms with Gasteiger partial charge in [0.15, 0.2) is 0 Å². The van der Waals surface area contributed by atoms with Crippen molar-refractivity contribution in [3.8, 4) is 0 Å². The predicted molar refractivity (Wildman–Crippen MR) is 91.7 cm³/mol. The zero-order valence-electron chi connectivity index (χ0n) is 14.2. The fourth-order valence-electron chi connectivity index (χ4n) is 3.29. The van der Waals surface area contributed by atoms with Gasteiger partial charge in [-0.15, -0.1) is 0 Å². The van der Waals surface area contributed by atoms with Crippen LogP contribution in [0.25, 0.3) is 0 Å². The van der Waals surface area contributed by atoms with Crippen molar-refractivity contribution in [3.05, 3.63) is 53.6 Å². The fraction of sp³-hybridized carbons (Fsp3) is 0.444. The highest BCUT2D eigenvalue weighted by molar-refractivity contribution is 5.91. The summed E-state index contributed by atoms with van der Waals surface area (Å²) in [5.41, 5.74) is 0.719. The fourth-order valence-corrected chi connectivity index (χ4v) is 3.29. The van der Waals surface area contributed by atoms with Gasteiger partial charge in [0.25, 0.3) is 5.91 Å². The van der Waals surface area contributed by atoms with Gasteiger partial charge in [-0.05, 0) is 31.5 Å². The van der Waals surface area contributed by atoms with Crippen molar-refractivity contribution in [2.24, 2.45) is 0 Å². The van der Waals surface area contributed by atoms with E-state index in [1.807, 2.05) is 10.9 Å². The Morgan fingerprint density at radius 2 is 2.24 bits per heavy atom. The number of rotatable bonds is 5.